The highest BCUT2D eigenvalue weighted by atomic mass is 16.5. The average Bonchev–Trinajstić information content (AvgIpc) is 3.20. The Morgan fingerprint density at radius 3 is 2.89 bits per heavy atom. The van der Waals surface area contributed by atoms with Crippen LogP contribution >= 0.6 is 0 Å². The number of anilines is 1. The predicted molar refractivity (Wildman–Crippen MR) is 71.6 cm³/mol. The van der Waals surface area contributed by atoms with Gasteiger partial charge in [0.05, 0.1) is 7.11 Å². The first-order valence-electron chi connectivity index (χ1n) is 6.07. The Morgan fingerprint density at radius 2 is 2.22 bits per heavy atom. The molecule has 2 N–H and O–H groups in total. The minimum atomic E-state index is -0.233. The SMILES string of the molecule is COc1cccc(NC(=O)N/C=C(\C)C2CC2)c1. The number of amides is 2. The van der Waals surface area contributed by atoms with Crippen molar-refractivity contribution in [3.8, 4) is 5.75 Å². The largest absolute Gasteiger partial charge is 0.497 e. The highest BCUT2D eigenvalue weighted by Crippen LogP contribution is 2.35. The molecule has 0 unspecified atom stereocenters. The number of urea groups is 1. The molecular formula is C14H18N2O2. The maximum Gasteiger partial charge on any atom is 0.323 e. The summed E-state index contributed by atoms with van der Waals surface area (Å²) in [7, 11) is 1.60. The van der Waals surface area contributed by atoms with Crippen molar-refractivity contribution < 1.29 is 9.53 Å². The lowest BCUT2D eigenvalue weighted by Crippen LogP contribution is -2.24. The molecular weight excluding hydrogens is 228 g/mol. The number of allylic oxidation sites excluding steroid dienone is 1. The summed E-state index contributed by atoms with van der Waals surface area (Å²) in [4.78, 5) is 11.7. The van der Waals surface area contributed by atoms with E-state index in [0.29, 0.717) is 11.6 Å². The molecule has 1 aromatic carbocycles. The lowest BCUT2D eigenvalue weighted by atomic mass is 10.2. The molecule has 96 valence electrons. The second-order valence-electron chi connectivity index (χ2n) is 4.49. The maximum atomic E-state index is 11.7. The normalized spacial score (nSPS) is 15.1. The second-order valence-corrected chi connectivity index (χ2v) is 4.49. The Morgan fingerprint density at radius 1 is 1.44 bits per heavy atom. The molecule has 2 rings (SSSR count). The third-order valence-electron chi connectivity index (χ3n) is 2.98. The van der Waals surface area contributed by atoms with Crippen LogP contribution in [0.5, 0.6) is 5.75 Å². The number of rotatable bonds is 4. The van der Waals surface area contributed by atoms with E-state index in [4.69, 9.17) is 4.74 Å². The number of ether oxygens (including phenoxy) is 1. The Kier molecular flexibility index (Phi) is 3.87. The Hall–Kier alpha value is -1.97. The summed E-state index contributed by atoms with van der Waals surface area (Å²) in [5.74, 6) is 1.39. The van der Waals surface area contributed by atoms with Crippen LogP contribution in [0.3, 0.4) is 0 Å². The number of hydrogen-bond donors (Lipinski definition) is 2. The molecule has 2 amide bonds. The van der Waals surface area contributed by atoms with E-state index in [9.17, 15) is 4.79 Å². The van der Waals surface area contributed by atoms with Gasteiger partial charge in [0.1, 0.15) is 5.75 Å². The quantitative estimate of drug-likeness (QED) is 0.857. The molecule has 0 spiro atoms. The molecule has 4 heteroatoms. The zero-order valence-electron chi connectivity index (χ0n) is 10.7. The minimum Gasteiger partial charge on any atom is -0.497 e. The molecule has 1 aliphatic carbocycles. The number of nitrogens with one attached hydrogen (secondary N) is 2. The van der Waals surface area contributed by atoms with Gasteiger partial charge in [0.2, 0.25) is 0 Å². The standard InChI is InChI=1S/C14H18N2O2/c1-10(11-6-7-11)9-15-14(17)16-12-4-3-5-13(8-12)18-2/h3-5,8-9,11H,6-7H2,1-2H3,(H2,15,16,17)/b10-9+. The van der Waals surface area contributed by atoms with Crippen molar-refractivity contribution >= 4 is 11.7 Å². The number of methoxy groups -OCH3 is 1. The Labute approximate surface area is 107 Å². The van der Waals surface area contributed by atoms with E-state index >= 15 is 0 Å². The molecule has 0 aromatic heterocycles. The number of benzene rings is 1. The molecule has 1 aliphatic rings. The molecule has 1 aromatic rings. The van der Waals surface area contributed by atoms with Gasteiger partial charge in [-0.25, -0.2) is 4.79 Å². The highest BCUT2D eigenvalue weighted by Gasteiger charge is 2.22. The molecule has 4 nitrogen and oxygen atoms in total. The summed E-state index contributed by atoms with van der Waals surface area (Å²) >= 11 is 0. The molecule has 0 saturated heterocycles. The Balaban J connectivity index is 1.88. The van der Waals surface area contributed by atoms with Crippen molar-refractivity contribution in [2.75, 3.05) is 12.4 Å². The summed E-state index contributed by atoms with van der Waals surface area (Å²) < 4.78 is 5.09. The van der Waals surface area contributed by atoms with Crippen LogP contribution in [0.15, 0.2) is 36.0 Å². The lowest BCUT2D eigenvalue weighted by molar-refractivity contribution is 0.255. The fraction of sp³-hybridized carbons (Fsp3) is 0.357. The second kappa shape index (κ2) is 5.58. The van der Waals surface area contributed by atoms with Crippen LogP contribution in [0.1, 0.15) is 19.8 Å². The number of carbonyl (C=O) groups is 1. The zero-order chi connectivity index (χ0) is 13.0. The van der Waals surface area contributed by atoms with Crippen molar-refractivity contribution in [3.63, 3.8) is 0 Å². The van der Waals surface area contributed by atoms with Crippen molar-refractivity contribution in [2.45, 2.75) is 19.8 Å². The van der Waals surface area contributed by atoms with Gasteiger partial charge in [-0.15, -0.1) is 0 Å². The summed E-state index contributed by atoms with van der Waals surface area (Å²) in [5.41, 5.74) is 1.94. The molecule has 0 aliphatic heterocycles. The maximum absolute atomic E-state index is 11.7. The highest BCUT2D eigenvalue weighted by molar-refractivity contribution is 5.90. The first kappa shape index (κ1) is 12.5. The fourth-order valence-corrected chi connectivity index (χ4v) is 1.70. The third-order valence-corrected chi connectivity index (χ3v) is 2.98. The number of carbonyl (C=O) groups excluding carboxylic acids is 1. The molecule has 18 heavy (non-hydrogen) atoms. The average molecular weight is 246 g/mol. The topological polar surface area (TPSA) is 50.4 Å². The summed E-state index contributed by atoms with van der Waals surface area (Å²) in [5, 5.41) is 5.49. The van der Waals surface area contributed by atoms with Crippen LogP contribution < -0.4 is 15.4 Å². The van der Waals surface area contributed by atoms with E-state index in [0.717, 1.165) is 5.75 Å². The summed E-state index contributed by atoms with van der Waals surface area (Å²) in [6.07, 6.45) is 4.26. The zero-order valence-corrected chi connectivity index (χ0v) is 10.7. The van der Waals surface area contributed by atoms with Gasteiger partial charge < -0.3 is 15.4 Å². The van der Waals surface area contributed by atoms with E-state index in [-0.39, 0.29) is 6.03 Å². The monoisotopic (exact) mass is 246 g/mol. The predicted octanol–water partition coefficient (Wildman–Crippen LogP) is 3.13. The van der Waals surface area contributed by atoms with Crippen LogP contribution in [-0.4, -0.2) is 13.1 Å². The van der Waals surface area contributed by atoms with E-state index in [1.54, 1.807) is 19.4 Å². The molecule has 0 heterocycles. The van der Waals surface area contributed by atoms with Gasteiger partial charge in [0.15, 0.2) is 0 Å². The summed E-state index contributed by atoms with van der Waals surface area (Å²) in [6.45, 7) is 2.05. The van der Waals surface area contributed by atoms with Crippen LogP contribution in [-0.2, 0) is 0 Å². The first-order chi connectivity index (χ1) is 8.69. The minimum absolute atomic E-state index is 0.233. The molecule has 0 radical (unpaired) electrons. The lowest BCUT2D eigenvalue weighted by Gasteiger charge is -2.07. The van der Waals surface area contributed by atoms with Crippen LogP contribution in [0.4, 0.5) is 10.5 Å². The molecule has 1 saturated carbocycles. The van der Waals surface area contributed by atoms with Gasteiger partial charge in [-0.3, -0.25) is 0 Å². The molecule has 0 bridgehead atoms. The van der Waals surface area contributed by atoms with Gasteiger partial charge in [-0.2, -0.15) is 0 Å². The van der Waals surface area contributed by atoms with E-state index in [1.165, 1.54) is 18.4 Å². The molecule has 1 fully saturated rings. The third kappa shape index (κ3) is 3.52. The Bertz CT molecular complexity index is 465. The number of hydrogen-bond acceptors (Lipinski definition) is 2. The van der Waals surface area contributed by atoms with E-state index in [1.807, 2.05) is 25.1 Å². The van der Waals surface area contributed by atoms with Crippen molar-refractivity contribution in [2.24, 2.45) is 5.92 Å². The molecule has 0 atom stereocenters. The van der Waals surface area contributed by atoms with Gasteiger partial charge in [0, 0.05) is 18.0 Å². The smallest absolute Gasteiger partial charge is 0.323 e. The van der Waals surface area contributed by atoms with Crippen LogP contribution in [0.25, 0.3) is 0 Å². The fourth-order valence-electron chi connectivity index (χ4n) is 1.70. The van der Waals surface area contributed by atoms with Crippen LogP contribution in [0.2, 0.25) is 0 Å². The van der Waals surface area contributed by atoms with E-state index in [2.05, 4.69) is 10.6 Å². The van der Waals surface area contributed by atoms with Crippen LogP contribution in [0, 0.1) is 5.92 Å². The van der Waals surface area contributed by atoms with Gasteiger partial charge in [-0.1, -0.05) is 11.6 Å². The van der Waals surface area contributed by atoms with Crippen molar-refractivity contribution in [1.29, 1.82) is 0 Å². The van der Waals surface area contributed by atoms with Gasteiger partial charge in [0.25, 0.3) is 0 Å². The first-order valence-corrected chi connectivity index (χ1v) is 6.07. The van der Waals surface area contributed by atoms with Gasteiger partial charge >= 0.3 is 6.03 Å². The van der Waals surface area contributed by atoms with Crippen molar-refractivity contribution in [1.82, 2.24) is 5.32 Å². The van der Waals surface area contributed by atoms with Crippen molar-refractivity contribution in [3.05, 3.63) is 36.0 Å². The van der Waals surface area contributed by atoms with Gasteiger partial charge in [-0.05, 0) is 37.8 Å². The van der Waals surface area contributed by atoms with E-state index < -0.39 is 0 Å². The summed E-state index contributed by atoms with van der Waals surface area (Å²) in [6, 6.07) is 7.03.